The second-order valence-electron chi connectivity index (χ2n) is 5.16. The predicted octanol–water partition coefficient (Wildman–Crippen LogP) is 2.25. The molecular weight excluding hydrogens is 345 g/mol. The molecule has 1 aromatic carbocycles. The number of hydrogen-bond acceptors (Lipinski definition) is 4. The van der Waals surface area contributed by atoms with Crippen LogP contribution < -0.4 is 5.32 Å². The molecule has 0 aromatic heterocycles. The minimum atomic E-state index is -3.53. The Hall–Kier alpha value is -0.840. The van der Waals surface area contributed by atoms with Crippen molar-refractivity contribution in [3.63, 3.8) is 0 Å². The molecule has 0 amide bonds. The lowest BCUT2D eigenvalue weighted by Gasteiger charge is -2.31. The first-order valence-corrected chi connectivity index (χ1v) is 8.65. The second kappa shape index (κ2) is 8.14. The third-order valence-electron chi connectivity index (χ3n) is 3.77. The van der Waals surface area contributed by atoms with Crippen LogP contribution in [0, 0.1) is 17.2 Å². The second-order valence-corrected chi connectivity index (χ2v) is 7.50. The molecule has 1 saturated heterocycles. The molecule has 0 spiro atoms. The molecule has 5 nitrogen and oxygen atoms in total. The first-order valence-electron chi connectivity index (χ1n) is 6.83. The number of sulfonamides is 1. The molecule has 0 aliphatic carbocycles. The van der Waals surface area contributed by atoms with E-state index in [4.69, 9.17) is 16.9 Å². The van der Waals surface area contributed by atoms with E-state index in [1.54, 1.807) is 0 Å². The van der Waals surface area contributed by atoms with Crippen molar-refractivity contribution < 1.29 is 8.42 Å². The Balaban J connectivity index is 0.00000242. The summed E-state index contributed by atoms with van der Waals surface area (Å²) in [5.74, 6) is 0.519. The van der Waals surface area contributed by atoms with Gasteiger partial charge in [-0.3, -0.25) is 0 Å². The summed E-state index contributed by atoms with van der Waals surface area (Å²) in [6.45, 7) is 1.95. The fourth-order valence-corrected chi connectivity index (χ4v) is 4.32. The average molecular weight is 364 g/mol. The molecule has 0 saturated carbocycles. The highest BCUT2D eigenvalue weighted by molar-refractivity contribution is 7.89. The molecule has 8 heteroatoms. The van der Waals surface area contributed by atoms with E-state index in [2.05, 4.69) is 5.32 Å². The molecule has 2 rings (SSSR count). The van der Waals surface area contributed by atoms with Gasteiger partial charge in [0.25, 0.3) is 0 Å². The van der Waals surface area contributed by atoms with Crippen LogP contribution in [0.25, 0.3) is 0 Å². The molecule has 1 N–H and O–H groups in total. The van der Waals surface area contributed by atoms with Crippen LogP contribution >= 0.6 is 24.0 Å². The summed E-state index contributed by atoms with van der Waals surface area (Å²) in [5, 5.41) is 12.1. The van der Waals surface area contributed by atoms with Gasteiger partial charge in [-0.15, -0.1) is 12.4 Å². The first kappa shape index (κ1) is 19.2. The summed E-state index contributed by atoms with van der Waals surface area (Å²) in [6.07, 6.45) is 1.70. The zero-order chi connectivity index (χ0) is 15.5. The standard InChI is InChI=1S/C14H18ClN3O2S.ClH/c1-17-10-11-4-6-18(7-5-11)21(19,20)13-3-2-12(9-16)14(15)8-13;/h2-3,8,11,17H,4-7,10H2,1H3;1H. The lowest BCUT2D eigenvalue weighted by atomic mass is 9.98. The quantitative estimate of drug-likeness (QED) is 0.890. The van der Waals surface area contributed by atoms with E-state index in [0.717, 1.165) is 19.4 Å². The Bertz CT molecular complexity index is 651. The summed E-state index contributed by atoms with van der Waals surface area (Å²) in [5.41, 5.74) is 0.281. The van der Waals surface area contributed by atoms with Gasteiger partial charge >= 0.3 is 0 Å². The van der Waals surface area contributed by atoms with Crippen molar-refractivity contribution in [2.24, 2.45) is 5.92 Å². The van der Waals surface area contributed by atoms with E-state index in [0.29, 0.717) is 19.0 Å². The summed E-state index contributed by atoms with van der Waals surface area (Å²) >= 11 is 5.93. The van der Waals surface area contributed by atoms with Crippen molar-refractivity contribution in [2.75, 3.05) is 26.7 Å². The van der Waals surface area contributed by atoms with E-state index >= 15 is 0 Å². The molecule has 1 aliphatic heterocycles. The van der Waals surface area contributed by atoms with Gasteiger partial charge in [-0.1, -0.05) is 11.6 Å². The van der Waals surface area contributed by atoms with Crippen LogP contribution in [-0.4, -0.2) is 39.4 Å². The largest absolute Gasteiger partial charge is 0.319 e. The van der Waals surface area contributed by atoms with Crippen LogP contribution in [0.2, 0.25) is 5.02 Å². The van der Waals surface area contributed by atoms with E-state index in [-0.39, 0.29) is 27.9 Å². The first-order chi connectivity index (χ1) is 9.98. The van der Waals surface area contributed by atoms with E-state index in [1.165, 1.54) is 22.5 Å². The van der Waals surface area contributed by atoms with Crippen LogP contribution in [0.4, 0.5) is 0 Å². The molecular formula is C14H19Cl2N3O2S. The van der Waals surface area contributed by atoms with Gasteiger partial charge in [0.15, 0.2) is 0 Å². The molecule has 0 atom stereocenters. The number of benzene rings is 1. The maximum absolute atomic E-state index is 12.6. The number of hydrogen-bond donors (Lipinski definition) is 1. The third-order valence-corrected chi connectivity index (χ3v) is 5.97. The van der Waals surface area contributed by atoms with E-state index in [1.807, 2.05) is 13.1 Å². The zero-order valence-corrected chi connectivity index (χ0v) is 14.6. The maximum Gasteiger partial charge on any atom is 0.243 e. The van der Waals surface area contributed by atoms with E-state index < -0.39 is 10.0 Å². The van der Waals surface area contributed by atoms with Crippen molar-refractivity contribution in [3.8, 4) is 6.07 Å². The maximum atomic E-state index is 12.6. The van der Waals surface area contributed by atoms with Gasteiger partial charge in [0.05, 0.1) is 15.5 Å². The fraction of sp³-hybridized carbons (Fsp3) is 0.500. The van der Waals surface area contributed by atoms with Crippen molar-refractivity contribution in [2.45, 2.75) is 17.7 Å². The van der Waals surface area contributed by atoms with Crippen molar-refractivity contribution in [3.05, 3.63) is 28.8 Å². The minimum Gasteiger partial charge on any atom is -0.319 e. The molecule has 0 bridgehead atoms. The Morgan fingerprint density at radius 1 is 1.41 bits per heavy atom. The highest BCUT2D eigenvalue weighted by Gasteiger charge is 2.29. The molecule has 1 aromatic rings. The van der Waals surface area contributed by atoms with Crippen LogP contribution in [0.1, 0.15) is 18.4 Å². The molecule has 1 fully saturated rings. The van der Waals surface area contributed by atoms with Gasteiger partial charge in [-0.2, -0.15) is 9.57 Å². The zero-order valence-electron chi connectivity index (χ0n) is 12.3. The molecule has 22 heavy (non-hydrogen) atoms. The summed E-state index contributed by atoms with van der Waals surface area (Å²) < 4.78 is 26.6. The van der Waals surface area contributed by atoms with Crippen LogP contribution in [0.5, 0.6) is 0 Å². The topological polar surface area (TPSA) is 73.2 Å². The molecule has 1 aliphatic rings. The number of rotatable bonds is 4. The van der Waals surface area contributed by atoms with Gasteiger partial charge in [-0.05, 0) is 50.6 Å². The summed E-state index contributed by atoms with van der Waals surface area (Å²) in [4.78, 5) is 0.151. The number of nitrogens with zero attached hydrogens (tertiary/aromatic N) is 2. The minimum absolute atomic E-state index is 0. The SMILES string of the molecule is CNCC1CCN(S(=O)(=O)c2ccc(C#N)c(Cl)c2)CC1.Cl. The highest BCUT2D eigenvalue weighted by Crippen LogP contribution is 2.26. The lowest BCUT2D eigenvalue weighted by molar-refractivity contribution is 0.270. The van der Waals surface area contributed by atoms with Gasteiger partial charge in [0, 0.05) is 13.1 Å². The highest BCUT2D eigenvalue weighted by atomic mass is 35.5. The van der Waals surface area contributed by atoms with Crippen LogP contribution in [-0.2, 0) is 10.0 Å². The monoisotopic (exact) mass is 363 g/mol. The number of halogens is 2. The van der Waals surface area contributed by atoms with Crippen LogP contribution in [0.3, 0.4) is 0 Å². The number of nitriles is 1. The fourth-order valence-electron chi connectivity index (χ4n) is 2.54. The lowest BCUT2D eigenvalue weighted by Crippen LogP contribution is -2.40. The number of nitrogens with one attached hydrogen (secondary N) is 1. The molecule has 122 valence electrons. The Labute approximate surface area is 142 Å². The van der Waals surface area contributed by atoms with E-state index in [9.17, 15) is 8.42 Å². The van der Waals surface area contributed by atoms with Gasteiger partial charge in [-0.25, -0.2) is 8.42 Å². The van der Waals surface area contributed by atoms with Gasteiger partial charge < -0.3 is 5.32 Å². The molecule has 0 radical (unpaired) electrons. The Morgan fingerprint density at radius 3 is 2.55 bits per heavy atom. The van der Waals surface area contributed by atoms with Crippen LogP contribution in [0.15, 0.2) is 23.1 Å². The Morgan fingerprint density at radius 2 is 2.05 bits per heavy atom. The smallest absolute Gasteiger partial charge is 0.243 e. The molecule has 0 unspecified atom stereocenters. The Kier molecular flexibility index (Phi) is 7.10. The molecule has 1 heterocycles. The summed E-state index contributed by atoms with van der Waals surface area (Å²) in [7, 11) is -1.62. The van der Waals surface area contributed by atoms with Gasteiger partial charge in [0.1, 0.15) is 6.07 Å². The summed E-state index contributed by atoms with van der Waals surface area (Å²) in [6, 6.07) is 6.17. The third kappa shape index (κ3) is 4.12. The average Bonchev–Trinajstić information content (AvgIpc) is 2.48. The van der Waals surface area contributed by atoms with Gasteiger partial charge in [0.2, 0.25) is 10.0 Å². The van der Waals surface area contributed by atoms with Crippen molar-refractivity contribution in [1.82, 2.24) is 9.62 Å². The normalized spacial score (nSPS) is 16.8. The predicted molar refractivity (Wildman–Crippen MR) is 88.8 cm³/mol. The van der Waals surface area contributed by atoms with Crippen molar-refractivity contribution in [1.29, 1.82) is 5.26 Å². The van der Waals surface area contributed by atoms with Crippen molar-refractivity contribution >= 4 is 34.0 Å². The number of piperidine rings is 1.